The highest BCUT2D eigenvalue weighted by Gasteiger charge is 2.22. The first kappa shape index (κ1) is 14.6. The lowest BCUT2D eigenvalue weighted by Gasteiger charge is -2.27. The van der Waals surface area contributed by atoms with Crippen LogP contribution in [-0.2, 0) is 6.54 Å². The Morgan fingerprint density at radius 1 is 1.20 bits per heavy atom. The van der Waals surface area contributed by atoms with Crippen LogP contribution in [0.4, 0.5) is 8.78 Å². The molecule has 0 saturated heterocycles. The summed E-state index contributed by atoms with van der Waals surface area (Å²) in [5.74, 6) is -1.14. The van der Waals surface area contributed by atoms with Crippen molar-refractivity contribution < 1.29 is 8.78 Å². The van der Waals surface area contributed by atoms with Gasteiger partial charge in [-0.15, -0.1) is 0 Å². The number of hydrogen-bond donors (Lipinski definition) is 1. The monoisotopic (exact) mass is 277 g/mol. The summed E-state index contributed by atoms with van der Waals surface area (Å²) in [7, 11) is 1.79. The van der Waals surface area contributed by atoms with Crippen molar-refractivity contribution in [3.63, 3.8) is 0 Å². The molecule has 0 saturated carbocycles. The molecule has 0 spiro atoms. The highest BCUT2D eigenvalue weighted by molar-refractivity contribution is 5.24. The molecule has 0 aliphatic carbocycles. The Balaban J connectivity index is 2.24. The van der Waals surface area contributed by atoms with Gasteiger partial charge >= 0.3 is 0 Å². The Hall–Kier alpha value is -1.85. The van der Waals surface area contributed by atoms with Crippen LogP contribution in [0.5, 0.6) is 0 Å². The van der Waals surface area contributed by atoms with Crippen LogP contribution < -0.4 is 5.73 Å². The molecule has 3 nitrogen and oxygen atoms in total. The molecule has 1 atom stereocenters. The van der Waals surface area contributed by atoms with Gasteiger partial charge < -0.3 is 5.73 Å². The summed E-state index contributed by atoms with van der Waals surface area (Å²) in [6.45, 7) is 0.651. The highest BCUT2D eigenvalue weighted by atomic mass is 19.1. The fraction of sp³-hybridized carbons (Fsp3) is 0.267. The quantitative estimate of drug-likeness (QED) is 0.913. The number of benzene rings is 1. The summed E-state index contributed by atoms with van der Waals surface area (Å²) in [4.78, 5) is 5.84. The van der Waals surface area contributed by atoms with Gasteiger partial charge in [-0.3, -0.25) is 9.88 Å². The zero-order valence-corrected chi connectivity index (χ0v) is 11.3. The van der Waals surface area contributed by atoms with E-state index >= 15 is 0 Å². The van der Waals surface area contributed by atoms with Gasteiger partial charge in [0.1, 0.15) is 11.6 Å². The molecule has 1 unspecified atom stereocenters. The lowest BCUT2D eigenvalue weighted by Crippen LogP contribution is -2.31. The summed E-state index contributed by atoms with van der Waals surface area (Å²) in [6.07, 6.45) is 3.40. The standard InChI is InChI=1S/C15H17F2N3/c1-20(10-11-4-3-7-19-9-11)14(8-18)15-12(16)5-2-6-13(15)17/h2-7,9,14H,8,10,18H2,1H3. The number of nitrogens with zero attached hydrogens (tertiary/aromatic N) is 2. The number of likely N-dealkylation sites (N-methyl/N-ethyl adjacent to an activating group) is 1. The minimum absolute atomic E-state index is 0.0152. The van der Waals surface area contributed by atoms with Crippen LogP contribution in [0.25, 0.3) is 0 Å². The smallest absolute Gasteiger partial charge is 0.130 e. The fourth-order valence-corrected chi connectivity index (χ4v) is 2.24. The second kappa shape index (κ2) is 6.54. The summed E-state index contributed by atoms with van der Waals surface area (Å²) in [5, 5.41) is 0. The van der Waals surface area contributed by atoms with Crippen molar-refractivity contribution in [1.82, 2.24) is 9.88 Å². The van der Waals surface area contributed by atoms with E-state index in [0.717, 1.165) is 5.56 Å². The lowest BCUT2D eigenvalue weighted by atomic mass is 10.0. The summed E-state index contributed by atoms with van der Waals surface area (Å²) in [5.41, 5.74) is 6.68. The van der Waals surface area contributed by atoms with Gasteiger partial charge in [-0.25, -0.2) is 8.78 Å². The number of halogens is 2. The van der Waals surface area contributed by atoms with E-state index in [0.29, 0.717) is 6.54 Å². The normalized spacial score (nSPS) is 12.7. The Labute approximate surface area is 117 Å². The Kier molecular flexibility index (Phi) is 4.76. The molecule has 0 radical (unpaired) electrons. The van der Waals surface area contributed by atoms with Crippen molar-refractivity contribution in [2.75, 3.05) is 13.6 Å². The second-order valence-electron chi connectivity index (χ2n) is 4.66. The average Bonchev–Trinajstić information content (AvgIpc) is 2.44. The third-order valence-electron chi connectivity index (χ3n) is 3.24. The maximum Gasteiger partial charge on any atom is 0.130 e. The molecule has 0 aliphatic heterocycles. The lowest BCUT2D eigenvalue weighted by molar-refractivity contribution is 0.231. The van der Waals surface area contributed by atoms with Crippen LogP contribution in [0.15, 0.2) is 42.7 Å². The topological polar surface area (TPSA) is 42.2 Å². The van der Waals surface area contributed by atoms with Crippen LogP contribution in [0.2, 0.25) is 0 Å². The van der Waals surface area contributed by atoms with Gasteiger partial charge in [0.05, 0.1) is 6.04 Å². The van der Waals surface area contributed by atoms with Crippen molar-refractivity contribution in [1.29, 1.82) is 0 Å². The zero-order chi connectivity index (χ0) is 14.5. The molecule has 0 amide bonds. The maximum absolute atomic E-state index is 13.9. The third kappa shape index (κ3) is 3.18. The minimum atomic E-state index is -0.571. The maximum atomic E-state index is 13.9. The molecule has 106 valence electrons. The van der Waals surface area contributed by atoms with Gasteiger partial charge in [0.2, 0.25) is 0 Å². The number of nitrogens with two attached hydrogens (primary N) is 1. The van der Waals surface area contributed by atoms with E-state index < -0.39 is 17.7 Å². The summed E-state index contributed by atoms with van der Waals surface area (Å²) >= 11 is 0. The molecule has 2 N–H and O–H groups in total. The van der Waals surface area contributed by atoms with Crippen LogP contribution >= 0.6 is 0 Å². The van der Waals surface area contributed by atoms with Crippen molar-refractivity contribution in [2.24, 2.45) is 5.73 Å². The first-order chi connectivity index (χ1) is 9.63. The third-order valence-corrected chi connectivity index (χ3v) is 3.24. The van der Waals surface area contributed by atoms with E-state index in [1.165, 1.54) is 18.2 Å². The molecular weight excluding hydrogens is 260 g/mol. The number of aromatic nitrogens is 1. The van der Waals surface area contributed by atoms with Crippen molar-refractivity contribution in [2.45, 2.75) is 12.6 Å². The number of hydrogen-bond acceptors (Lipinski definition) is 3. The van der Waals surface area contributed by atoms with E-state index in [1.54, 1.807) is 19.4 Å². The van der Waals surface area contributed by atoms with E-state index in [9.17, 15) is 8.78 Å². The van der Waals surface area contributed by atoms with Gasteiger partial charge in [0, 0.05) is 31.0 Å². The van der Waals surface area contributed by atoms with E-state index in [-0.39, 0.29) is 12.1 Å². The molecule has 1 aromatic heterocycles. The van der Waals surface area contributed by atoms with Gasteiger partial charge in [0.15, 0.2) is 0 Å². The van der Waals surface area contributed by atoms with Crippen LogP contribution in [-0.4, -0.2) is 23.5 Å². The van der Waals surface area contributed by atoms with Crippen molar-refractivity contribution in [3.05, 3.63) is 65.5 Å². The Morgan fingerprint density at radius 3 is 2.45 bits per heavy atom. The molecule has 1 aromatic carbocycles. The first-order valence-corrected chi connectivity index (χ1v) is 6.36. The largest absolute Gasteiger partial charge is 0.329 e. The second-order valence-corrected chi connectivity index (χ2v) is 4.66. The van der Waals surface area contributed by atoms with Crippen LogP contribution in [0.3, 0.4) is 0 Å². The predicted molar refractivity (Wildman–Crippen MR) is 73.9 cm³/mol. The zero-order valence-electron chi connectivity index (χ0n) is 11.3. The molecule has 20 heavy (non-hydrogen) atoms. The molecule has 0 bridgehead atoms. The average molecular weight is 277 g/mol. The fourth-order valence-electron chi connectivity index (χ4n) is 2.24. The Bertz CT molecular complexity index is 540. The van der Waals surface area contributed by atoms with Crippen molar-refractivity contribution >= 4 is 0 Å². The summed E-state index contributed by atoms with van der Waals surface area (Å²) in [6, 6.07) is 7.07. The van der Waals surface area contributed by atoms with Crippen LogP contribution in [0, 0.1) is 11.6 Å². The molecule has 1 heterocycles. The van der Waals surface area contributed by atoms with Crippen molar-refractivity contribution in [3.8, 4) is 0 Å². The number of rotatable bonds is 5. The van der Waals surface area contributed by atoms with E-state index in [1.807, 2.05) is 17.0 Å². The number of pyridine rings is 1. The van der Waals surface area contributed by atoms with E-state index in [2.05, 4.69) is 4.98 Å². The molecule has 0 fully saturated rings. The van der Waals surface area contributed by atoms with Gasteiger partial charge in [-0.05, 0) is 30.8 Å². The van der Waals surface area contributed by atoms with Crippen LogP contribution in [0.1, 0.15) is 17.2 Å². The molecule has 0 aliphatic rings. The molecule has 2 aromatic rings. The molecular formula is C15H17F2N3. The summed E-state index contributed by atoms with van der Waals surface area (Å²) < 4.78 is 27.7. The molecule has 5 heteroatoms. The molecule has 2 rings (SSSR count). The SMILES string of the molecule is CN(Cc1cccnc1)C(CN)c1c(F)cccc1F. The van der Waals surface area contributed by atoms with Gasteiger partial charge in [-0.2, -0.15) is 0 Å². The van der Waals surface area contributed by atoms with Gasteiger partial charge in [-0.1, -0.05) is 12.1 Å². The van der Waals surface area contributed by atoms with E-state index in [4.69, 9.17) is 5.73 Å². The first-order valence-electron chi connectivity index (χ1n) is 6.36. The van der Waals surface area contributed by atoms with Gasteiger partial charge in [0.25, 0.3) is 0 Å². The Morgan fingerprint density at radius 2 is 1.90 bits per heavy atom. The minimum Gasteiger partial charge on any atom is -0.329 e. The predicted octanol–water partition coefficient (Wildman–Crippen LogP) is 2.49. The highest BCUT2D eigenvalue weighted by Crippen LogP contribution is 2.25.